The molecule has 30 heavy (non-hydrogen) atoms. The molecule has 0 saturated carbocycles. The molecule has 0 heterocycles. The molecule has 0 aromatic rings. The third kappa shape index (κ3) is 13.9. The normalized spacial score (nSPS) is 14.8. The summed E-state index contributed by atoms with van der Waals surface area (Å²) in [6, 6.07) is -0.826. The van der Waals surface area contributed by atoms with E-state index in [0.717, 1.165) is 0 Å². The van der Waals surface area contributed by atoms with Crippen LogP contribution in [0.4, 0.5) is 4.79 Å². The van der Waals surface area contributed by atoms with E-state index in [2.05, 4.69) is 10.6 Å². The van der Waals surface area contributed by atoms with Crippen LogP contribution >= 0.6 is 0 Å². The van der Waals surface area contributed by atoms with Gasteiger partial charge in [0.1, 0.15) is 11.6 Å². The van der Waals surface area contributed by atoms with Gasteiger partial charge in [0.2, 0.25) is 5.91 Å². The van der Waals surface area contributed by atoms with Crippen LogP contribution in [0, 0.1) is 11.3 Å². The summed E-state index contributed by atoms with van der Waals surface area (Å²) in [5.74, 6) is -1.30. The fraction of sp³-hybridized carbons (Fsp3) is 0.889. The fourth-order valence-corrected chi connectivity index (χ4v) is 3.80. The number of carbonyl (C=O) groups excluding carboxylic acids is 2. The molecule has 0 saturated heterocycles. The predicted octanol–water partition coefficient (Wildman–Crippen LogP) is 1.29. The summed E-state index contributed by atoms with van der Waals surface area (Å²) in [6.45, 7) is 12.0. The smallest absolute Gasteiger partial charge is 0.408 e. The highest BCUT2D eigenvalue weighted by Gasteiger charge is 2.29. The van der Waals surface area contributed by atoms with E-state index in [-0.39, 0.29) is 31.2 Å². The van der Waals surface area contributed by atoms with Gasteiger partial charge in [-0.2, -0.15) is 8.42 Å². The van der Waals surface area contributed by atoms with Crippen molar-refractivity contribution in [1.29, 1.82) is 0 Å². The maximum absolute atomic E-state index is 12.5. The van der Waals surface area contributed by atoms with E-state index in [0.29, 0.717) is 0 Å². The predicted molar refractivity (Wildman–Crippen MR) is 113 cm³/mol. The molecule has 2 amide bonds. The molecule has 0 spiro atoms. The van der Waals surface area contributed by atoms with Crippen LogP contribution in [-0.2, 0) is 34.9 Å². The SMILES string of the molecule is CC(C)[C@H](NC(=O)OC(C)(C)C)C(=O)NCC(C)(C)COS(=O)(=O)CCCS(=O)[O-]. The van der Waals surface area contributed by atoms with E-state index in [1.807, 2.05) is 0 Å². The van der Waals surface area contributed by atoms with Crippen LogP contribution in [0.25, 0.3) is 0 Å². The summed E-state index contributed by atoms with van der Waals surface area (Å²) in [5, 5.41) is 5.25. The van der Waals surface area contributed by atoms with Crippen molar-refractivity contribution < 1.29 is 35.7 Å². The number of amides is 2. The molecule has 0 aromatic carbocycles. The Kier molecular flexibility index (Phi) is 11.5. The van der Waals surface area contributed by atoms with Gasteiger partial charge < -0.3 is 19.9 Å². The molecule has 178 valence electrons. The summed E-state index contributed by atoms with van der Waals surface area (Å²) >= 11 is -2.30. The zero-order valence-corrected chi connectivity index (χ0v) is 20.4. The quantitative estimate of drug-likeness (QED) is 0.319. The number of nitrogens with one attached hydrogen (secondary N) is 2. The summed E-state index contributed by atoms with van der Waals surface area (Å²) in [4.78, 5) is 24.5. The zero-order chi connectivity index (χ0) is 23.8. The van der Waals surface area contributed by atoms with Crippen molar-refractivity contribution in [3.05, 3.63) is 0 Å². The zero-order valence-electron chi connectivity index (χ0n) is 18.8. The molecule has 0 aromatic heterocycles. The molecule has 0 aliphatic carbocycles. The Bertz CT molecular complexity index is 699. The molecular formula is C18H35N2O8S2-. The summed E-state index contributed by atoms with van der Waals surface area (Å²) < 4.78 is 54.8. The Morgan fingerprint density at radius 2 is 1.70 bits per heavy atom. The van der Waals surface area contributed by atoms with E-state index in [1.54, 1.807) is 48.5 Å². The Morgan fingerprint density at radius 1 is 1.13 bits per heavy atom. The number of rotatable bonds is 12. The lowest BCUT2D eigenvalue weighted by molar-refractivity contribution is -0.124. The summed E-state index contributed by atoms with van der Waals surface area (Å²) in [7, 11) is -3.87. The highest BCUT2D eigenvalue weighted by molar-refractivity contribution is 7.86. The van der Waals surface area contributed by atoms with Gasteiger partial charge in [-0.25, -0.2) is 4.79 Å². The van der Waals surface area contributed by atoms with Gasteiger partial charge in [0, 0.05) is 17.7 Å². The molecular weight excluding hydrogens is 436 g/mol. The lowest BCUT2D eigenvalue weighted by Crippen LogP contribution is -2.52. The Labute approximate surface area is 182 Å². The van der Waals surface area contributed by atoms with Crippen LogP contribution < -0.4 is 10.6 Å². The second-order valence-corrected chi connectivity index (χ2v) is 11.9. The minimum Gasteiger partial charge on any atom is -0.772 e. The molecule has 10 nitrogen and oxygen atoms in total. The van der Waals surface area contributed by atoms with E-state index in [1.165, 1.54) is 0 Å². The van der Waals surface area contributed by atoms with E-state index in [9.17, 15) is 26.8 Å². The van der Waals surface area contributed by atoms with Gasteiger partial charge in [0.05, 0.1) is 12.4 Å². The van der Waals surface area contributed by atoms with Crippen molar-refractivity contribution in [2.24, 2.45) is 11.3 Å². The number of carbonyl (C=O) groups is 2. The molecule has 0 fully saturated rings. The van der Waals surface area contributed by atoms with E-state index < -0.39 is 56.0 Å². The lowest BCUT2D eigenvalue weighted by Gasteiger charge is -2.28. The van der Waals surface area contributed by atoms with Gasteiger partial charge in [-0.1, -0.05) is 38.8 Å². The van der Waals surface area contributed by atoms with Crippen molar-refractivity contribution in [1.82, 2.24) is 10.6 Å². The molecule has 1 unspecified atom stereocenters. The van der Waals surface area contributed by atoms with Crippen LogP contribution in [0.5, 0.6) is 0 Å². The first-order valence-corrected chi connectivity index (χ1v) is 12.5. The van der Waals surface area contributed by atoms with Crippen LogP contribution in [0.3, 0.4) is 0 Å². The first kappa shape index (κ1) is 28.8. The van der Waals surface area contributed by atoms with Crippen LogP contribution in [0.1, 0.15) is 54.9 Å². The van der Waals surface area contributed by atoms with Gasteiger partial charge in [-0.05, 0) is 33.1 Å². The standard InChI is InChI=1S/C18H36N2O8S2/c1-13(2)14(20-16(22)28-17(3,4)5)15(21)19-11-18(6,7)12-27-30(25,26)10-8-9-29(23)24/h13-14H,8-12H2,1-7H3,(H,19,21)(H,20,22)(H,23,24)/p-1/t14-/m0/s1. The van der Waals surface area contributed by atoms with Crippen molar-refractivity contribution in [2.45, 2.75) is 66.5 Å². The highest BCUT2D eigenvalue weighted by Crippen LogP contribution is 2.16. The molecule has 12 heteroatoms. The minimum absolute atomic E-state index is 0.0536. The van der Waals surface area contributed by atoms with Crippen molar-refractivity contribution in [3.63, 3.8) is 0 Å². The van der Waals surface area contributed by atoms with Gasteiger partial charge in [0.25, 0.3) is 10.1 Å². The third-order valence-corrected chi connectivity index (χ3v) is 5.58. The average Bonchev–Trinajstić information content (AvgIpc) is 2.54. The minimum atomic E-state index is -3.87. The molecule has 2 atom stereocenters. The Hall–Kier alpha value is -1.24. The summed E-state index contributed by atoms with van der Waals surface area (Å²) in [6.07, 6.45) is -0.758. The topological polar surface area (TPSA) is 151 Å². The molecule has 0 aliphatic rings. The van der Waals surface area contributed by atoms with Gasteiger partial charge in [-0.15, -0.1) is 0 Å². The first-order chi connectivity index (χ1) is 13.4. The van der Waals surface area contributed by atoms with Crippen molar-refractivity contribution in [2.75, 3.05) is 24.7 Å². The van der Waals surface area contributed by atoms with Gasteiger partial charge >= 0.3 is 6.09 Å². The molecule has 2 N–H and O–H groups in total. The number of hydrogen-bond acceptors (Lipinski definition) is 8. The second kappa shape index (κ2) is 12.0. The largest absolute Gasteiger partial charge is 0.772 e. The number of ether oxygens (including phenoxy) is 1. The average molecular weight is 472 g/mol. The number of alkyl carbamates (subject to hydrolysis) is 1. The Balaban J connectivity index is 4.71. The first-order valence-electron chi connectivity index (χ1n) is 9.64. The van der Waals surface area contributed by atoms with Crippen LogP contribution in [0.2, 0.25) is 0 Å². The third-order valence-electron chi connectivity index (χ3n) is 3.70. The molecule has 0 radical (unpaired) electrons. The molecule has 0 aliphatic heterocycles. The van der Waals surface area contributed by atoms with Crippen LogP contribution in [-0.4, -0.2) is 65.5 Å². The van der Waals surface area contributed by atoms with Crippen LogP contribution in [0.15, 0.2) is 0 Å². The second-order valence-electron chi connectivity index (χ2n) is 9.14. The summed E-state index contributed by atoms with van der Waals surface area (Å²) in [5.41, 5.74) is -1.42. The number of hydrogen-bond donors (Lipinski definition) is 2. The maximum atomic E-state index is 12.5. The van der Waals surface area contributed by atoms with E-state index in [4.69, 9.17) is 8.92 Å². The van der Waals surface area contributed by atoms with E-state index >= 15 is 0 Å². The van der Waals surface area contributed by atoms with Gasteiger partial charge in [-0.3, -0.25) is 13.2 Å². The molecule has 0 bridgehead atoms. The maximum Gasteiger partial charge on any atom is 0.408 e. The lowest BCUT2D eigenvalue weighted by atomic mass is 9.94. The monoisotopic (exact) mass is 471 g/mol. The molecule has 0 rings (SSSR count). The van der Waals surface area contributed by atoms with Crippen molar-refractivity contribution >= 4 is 33.2 Å². The Morgan fingerprint density at radius 3 is 2.17 bits per heavy atom. The fourth-order valence-electron chi connectivity index (χ4n) is 2.12. The highest BCUT2D eigenvalue weighted by atomic mass is 32.2. The van der Waals surface area contributed by atoms with Crippen molar-refractivity contribution in [3.8, 4) is 0 Å². The van der Waals surface area contributed by atoms with Gasteiger partial charge in [0.15, 0.2) is 0 Å².